The molecule has 0 amide bonds. The number of hydrogen-bond acceptors (Lipinski definition) is 6. The third kappa shape index (κ3) is 6.79. The van der Waals surface area contributed by atoms with Crippen molar-refractivity contribution in [2.45, 2.75) is 60.5 Å². The number of rotatable bonds is 9. The topological polar surface area (TPSA) is 75.0 Å². The van der Waals surface area contributed by atoms with Crippen LogP contribution in [0.1, 0.15) is 54.4 Å². The van der Waals surface area contributed by atoms with Gasteiger partial charge in [0.1, 0.15) is 17.9 Å². The van der Waals surface area contributed by atoms with Crippen LogP contribution in [0.15, 0.2) is 50.7 Å². The normalized spacial score (nSPS) is 11.5. The minimum absolute atomic E-state index is 0.0355. The Morgan fingerprint density at radius 2 is 1.83 bits per heavy atom. The summed E-state index contributed by atoms with van der Waals surface area (Å²) in [5.74, 6) is 0.185. The van der Waals surface area contributed by atoms with E-state index in [9.17, 15) is 9.59 Å². The zero-order valence-electron chi connectivity index (χ0n) is 18.5. The van der Waals surface area contributed by atoms with Crippen molar-refractivity contribution in [1.29, 1.82) is 0 Å². The summed E-state index contributed by atoms with van der Waals surface area (Å²) in [5.41, 5.74) is 2.11. The van der Waals surface area contributed by atoms with Gasteiger partial charge in [0.15, 0.2) is 5.75 Å². The van der Waals surface area contributed by atoms with E-state index >= 15 is 0 Å². The Morgan fingerprint density at radius 3 is 2.47 bits per heavy atom. The first kappa shape index (κ1) is 23.3. The Balaban J connectivity index is 2.35. The average Bonchev–Trinajstić information content (AvgIpc) is 2.62. The zero-order chi connectivity index (χ0) is 22.3. The molecule has 0 fully saturated rings. The van der Waals surface area contributed by atoms with Crippen molar-refractivity contribution < 1.29 is 23.4 Å². The molecule has 0 saturated heterocycles. The summed E-state index contributed by atoms with van der Waals surface area (Å²) in [7, 11) is 0. The lowest BCUT2D eigenvalue weighted by Gasteiger charge is -2.15. The van der Waals surface area contributed by atoms with Crippen molar-refractivity contribution in [3.63, 3.8) is 0 Å². The standard InChI is InChI=1S/C24H30O6/c1-15(2)8-7-9-17(5)12-13-27-22-20-11-10-19(29-18(6)25)14-21(20)30-24(26)23(22)28-16(3)4/h8,10-12,14,16H,7,9,13H2,1-6H3/b17-12+. The van der Waals surface area contributed by atoms with E-state index in [0.29, 0.717) is 17.7 Å². The van der Waals surface area contributed by atoms with Gasteiger partial charge in [0.2, 0.25) is 5.75 Å². The molecule has 6 heteroatoms. The van der Waals surface area contributed by atoms with E-state index in [1.165, 1.54) is 24.1 Å². The van der Waals surface area contributed by atoms with Crippen LogP contribution in [-0.4, -0.2) is 18.7 Å². The highest BCUT2D eigenvalue weighted by molar-refractivity contribution is 5.87. The first-order chi connectivity index (χ1) is 14.2. The number of benzene rings is 1. The summed E-state index contributed by atoms with van der Waals surface area (Å²) in [6.45, 7) is 11.5. The Labute approximate surface area is 177 Å². The van der Waals surface area contributed by atoms with Gasteiger partial charge in [-0.3, -0.25) is 4.79 Å². The Bertz CT molecular complexity index is 1010. The minimum atomic E-state index is -0.643. The molecular formula is C24H30O6. The molecule has 6 nitrogen and oxygen atoms in total. The summed E-state index contributed by atoms with van der Waals surface area (Å²) in [5, 5.41) is 0.566. The van der Waals surface area contributed by atoms with Gasteiger partial charge in [-0.25, -0.2) is 4.79 Å². The SMILES string of the molecule is CC(=O)Oc1ccc2c(OC/C=C(\C)CCC=C(C)C)c(OC(C)C)c(=O)oc2c1. The Hall–Kier alpha value is -3.02. The van der Waals surface area contributed by atoms with E-state index in [2.05, 4.69) is 26.8 Å². The number of carbonyl (C=O) groups is 1. The summed E-state index contributed by atoms with van der Waals surface area (Å²) in [4.78, 5) is 23.7. The van der Waals surface area contributed by atoms with Gasteiger partial charge < -0.3 is 18.6 Å². The van der Waals surface area contributed by atoms with E-state index in [4.69, 9.17) is 18.6 Å². The molecule has 0 unspecified atom stereocenters. The van der Waals surface area contributed by atoms with Crippen LogP contribution in [0, 0.1) is 0 Å². The van der Waals surface area contributed by atoms with Crippen molar-refractivity contribution in [3.8, 4) is 17.2 Å². The quantitative estimate of drug-likeness (QED) is 0.231. The lowest BCUT2D eigenvalue weighted by atomic mass is 10.1. The maximum atomic E-state index is 12.5. The van der Waals surface area contributed by atoms with E-state index in [0.717, 1.165) is 12.8 Å². The molecule has 0 bridgehead atoms. The van der Waals surface area contributed by atoms with Crippen molar-refractivity contribution in [1.82, 2.24) is 0 Å². The molecule has 0 radical (unpaired) electrons. The highest BCUT2D eigenvalue weighted by Crippen LogP contribution is 2.35. The van der Waals surface area contributed by atoms with Crippen molar-refractivity contribution in [2.75, 3.05) is 6.61 Å². The molecule has 0 N–H and O–H groups in total. The maximum absolute atomic E-state index is 12.5. The second kappa shape index (κ2) is 10.7. The fourth-order valence-corrected chi connectivity index (χ4v) is 2.80. The van der Waals surface area contributed by atoms with Gasteiger partial charge in [0.25, 0.3) is 0 Å². The highest BCUT2D eigenvalue weighted by atomic mass is 16.5. The number of carbonyl (C=O) groups excluding carboxylic acids is 1. The predicted molar refractivity (Wildman–Crippen MR) is 117 cm³/mol. The molecule has 30 heavy (non-hydrogen) atoms. The lowest BCUT2D eigenvalue weighted by molar-refractivity contribution is -0.131. The Kier molecular flexibility index (Phi) is 8.27. The molecule has 0 spiro atoms. The number of allylic oxidation sites excluding steroid dienone is 3. The predicted octanol–water partition coefficient (Wildman–Crippen LogP) is 5.58. The fourth-order valence-electron chi connectivity index (χ4n) is 2.80. The number of ether oxygens (including phenoxy) is 3. The van der Waals surface area contributed by atoms with Gasteiger partial charge >= 0.3 is 11.6 Å². The summed E-state index contributed by atoms with van der Waals surface area (Å²) in [6.07, 6.45) is 5.88. The molecule has 0 aliphatic heterocycles. The molecule has 1 heterocycles. The number of esters is 1. The van der Waals surface area contributed by atoms with Gasteiger partial charge in [-0.15, -0.1) is 0 Å². The van der Waals surface area contributed by atoms with Crippen LogP contribution in [0.3, 0.4) is 0 Å². The summed E-state index contributed by atoms with van der Waals surface area (Å²) in [6, 6.07) is 4.80. The second-order valence-corrected chi connectivity index (χ2v) is 7.65. The van der Waals surface area contributed by atoms with Crippen LogP contribution < -0.4 is 19.8 Å². The van der Waals surface area contributed by atoms with Gasteiger partial charge in [-0.1, -0.05) is 17.2 Å². The molecule has 2 rings (SSSR count). The van der Waals surface area contributed by atoms with Gasteiger partial charge in [0, 0.05) is 13.0 Å². The number of fused-ring (bicyclic) bond motifs is 1. The van der Waals surface area contributed by atoms with E-state index in [1.54, 1.807) is 12.1 Å². The smallest absolute Gasteiger partial charge is 0.383 e. The minimum Gasteiger partial charge on any atom is -0.485 e. The third-order valence-electron chi connectivity index (χ3n) is 4.16. The molecule has 1 aromatic heterocycles. The molecular weight excluding hydrogens is 384 g/mol. The molecule has 0 atom stereocenters. The van der Waals surface area contributed by atoms with Crippen LogP contribution >= 0.6 is 0 Å². The van der Waals surface area contributed by atoms with Crippen LogP contribution in [0.25, 0.3) is 11.0 Å². The second-order valence-electron chi connectivity index (χ2n) is 7.65. The van der Waals surface area contributed by atoms with Gasteiger partial charge in [-0.2, -0.15) is 0 Å². The van der Waals surface area contributed by atoms with Gasteiger partial charge in [-0.05, 0) is 65.7 Å². The van der Waals surface area contributed by atoms with E-state index in [1.807, 2.05) is 19.9 Å². The van der Waals surface area contributed by atoms with Crippen LogP contribution in [0.2, 0.25) is 0 Å². The molecule has 0 aliphatic carbocycles. The van der Waals surface area contributed by atoms with Gasteiger partial charge in [0.05, 0.1) is 11.5 Å². The molecule has 0 aliphatic rings. The maximum Gasteiger partial charge on any atom is 0.383 e. The summed E-state index contributed by atoms with van der Waals surface area (Å²) < 4.78 is 22.1. The summed E-state index contributed by atoms with van der Waals surface area (Å²) >= 11 is 0. The third-order valence-corrected chi connectivity index (χ3v) is 4.16. The van der Waals surface area contributed by atoms with Crippen molar-refractivity contribution >= 4 is 16.9 Å². The molecule has 0 saturated carbocycles. The molecule has 1 aromatic carbocycles. The molecule has 2 aromatic rings. The fraction of sp³-hybridized carbons (Fsp3) is 0.417. The number of hydrogen-bond donors (Lipinski definition) is 0. The van der Waals surface area contributed by atoms with Crippen LogP contribution in [-0.2, 0) is 4.79 Å². The lowest BCUT2D eigenvalue weighted by Crippen LogP contribution is -2.15. The largest absolute Gasteiger partial charge is 0.485 e. The van der Waals surface area contributed by atoms with E-state index in [-0.39, 0.29) is 23.2 Å². The van der Waals surface area contributed by atoms with E-state index < -0.39 is 11.6 Å². The Morgan fingerprint density at radius 1 is 1.10 bits per heavy atom. The first-order valence-corrected chi connectivity index (χ1v) is 10.0. The zero-order valence-corrected chi connectivity index (χ0v) is 18.5. The highest BCUT2D eigenvalue weighted by Gasteiger charge is 2.19. The van der Waals surface area contributed by atoms with Crippen molar-refractivity contribution in [2.24, 2.45) is 0 Å². The first-order valence-electron chi connectivity index (χ1n) is 10.0. The van der Waals surface area contributed by atoms with Crippen molar-refractivity contribution in [3.05, 3.63) is 51.9 Å². The average molecular weight is 414 g/mol. The monoisotopic (exact) mass is 414 g/mol. The van der Waals surface area contributed by atoms with Crippen LogP contribution in [0.5, 0.6) is 17.2 Å². The van der Waals surface area contributed by atoms with Crippen LogP contribution in [0.4, 0.5) is 0 Å². The molecule has 162 valence electrons.